The highest BCUT2D eigenvalue weighted by Gasteiger charge is 2.32. The first-order valence-electron chi connectivity index (χ1n) is 10.7. The summed E-state index contributed by atoms with van der Waals surface area (Å²) < 4.78 is 6.17. The van der Waals surface area contributed by atoms with Crippen molar-refractivity contribution in [3.63, 3.8) is 0 Å². The van der Waals surface area contributed by atoms with E-state index in [1.807, 2.05) is 6.07 Å². The molecular weight excluding hydrogens is 393 g/mol. The van der Waals surface area contributed by atoms with Crippen LogP contribution in [0.2, 0.25) is 10.0 Å². The van der Waals surface area contributed by atoms with E-state index < -0.39 is 0 Å². The van der Waals surface area contributed by atoms with Crippen LogP contribution >= 0.6 is 23.2 Å². The van der Waals surface area contributed by atoms with Gasteiger partial charge < -0.3 is 9.22 Å². The summed E-state index contributed by atoms with van der Waals surface area (Å²) in [5.41, 5.74) is 0.853. The number of nitrogens with zero attached hydrogens (tertiary/aromatic N) is 1. The van der Waals surface area contributed by atoms with Crippen molar-refractivity contribution >= 4 is 29.2 Å². The van der Waals surface area contributed by atoms with Crippen molar-refractivity contribution in [3.8, 4) is 0 Å². The normalized spacial score (nSPS) is 12.8. The Balaban J connectivity index is 2.37. The Kier molecular flexibility index (Phi) is 12.1. The number of carbonyl (C=O) groups excluding carboxylic acids is 1. The summed E-state index contributed by atoms with van der Waals surface area (Å²) in [6.07, 6.45) is 12.4. The number of carbonyl (C=O) groups is 1. The molecule has 5 heteroatoms. The van der Waals surface area contributed by atoms with Gasteiger partial charge in [-0.05, 0) is 24.1 Å². The van der Waals surface area contributed by atoms with Crippen molar-refractivity contribution in [2.24, 2.45) is 0 Å². The summed E-state index contributed by atoms with van der Waals surface area (Å²) in [7, 11) is 6.16. The molecule has 0 aliphatic carbocycles. The molecule has 0 radical (unpaired) electrons. The molecule has 0 aromatic heterocycles. The van der Waals surface area contributed by atoms with Gasteiger partial charge in [0.25, 0.3) is 0 Å². The van der Waals surface area contributed by atoms with Crippen LogP contribution in [0, 0.1) is 0 Å². The van der Waals surface area contributed by atoms with Crippen LogP contribution in [0.15, 0.2) is 18.2 Å². The van der Waals surface area contributed by atoms with Gasteiger partial charge in [-0.25, -0.2) is 4.79 Å². The zero-order valence-corrected chi connectivity index (χ0v) is 19.6. The molecule has 160 valence electrons. The second kappa shape index (κ2) is 13.5. The van der Waals surface area contributed by atoms with E-state index in [0.717, 1.165) is 18.4 Å². The van der Waals surface area contributed by atoms with Gasteiger partial charge in [0.05, 0.1) is 31.2 Å². The lowest BCUT2D eigenvalue weighted by Gasteiger charge is -2.32. The molecular formula is C23H38Cl2NO2+. The lowest BCUT2D eigenvalue weighted by atomic mass is 10.0. The summed E-state index contributed by atoms with van der Waals surface area (Å²) in [5.74, 6) is -0.141. The number of likely N-dealkylation sites (N-methyl/N-ethyl adjacent to an activating group) is 1. The monoisotopic (exact) mass is 430 g/mol. The molecule has 0 amide bonds. The molecule has 1 rings (SSSR count). The van der Waals surface area contributed by atoms with Crippen molar-refractivity contribution in [1.29, 1.82) is 0 Å². The van der Waals surface area contributed by atoms with Crippen molar-refractivity contribution in [2.75, 3.05) is 21.1 Å². The van der Waals surface area contributed by atoms with Crippen LogP contribution in [0.25, 0.3) is 0 Å². The van der Waals surface area contributed by atoms with Crippen LogP contribution in [0.1, 0.15) is 76.7 Å². The lowest BCUT2D eigenvalue weighted by Crippen LogP contribution is -2.50. The summed E-state index contributed by atoms with van der Waals surface area (Å²) in [6, 6.07) is 5.17. The zero-order chi connectivity index (χ0) is 21.0. The zero-order valence-electron chi connectivity index (χ0n) is 18.1. The minimum absolute atomic E-state index is 0.141. The van der Waals surface area contributed by atoms with E-state index in [-0.39, 0.29) is 18.6 Å². The molecule has 0 spiro atoms. The first-order valence-corrected chi connectivity index (χ1v) is 11.4. The summed E-state index contributed by atoms with van der Waals surface area (Å²) >= 11 is 12.0. The van der Waals surface area contributed by atoms with Gasteiger partial charge in [-0.15, -0.1) is 0 Å². The van der Waals surface area contributed by atoms with E-state index >= 15 is 0 Å². The third-order valence-corrected chi connectivity index (χ3v) is 5.89. The topological polar surface area (TPSA) is 26.3 Å². The largest absolute Gasteiger partial charge is 0.456 e. The Morgan fingerprint density at radius 2 is 1.50 bits per heavy atom. The van der Waals surface area contributed by atoms with Crippen LogP contribution in [0.3, 0.4) is 0 Å². The minimum atomic E-state index is -0.146. The van der Waals surface area contributed by atoms with Gasteiger partial charge in [-0.3, -0.25) is 0 Å². The molecule has 1 unspecified atom stereocenters. The second-order valence-corrected chi connectivity index (χ2v) is 9.42. The van der Waals surface area contributed by atoms with Gasteiger partial charge in [-0.2, -0.15) is 0 Å². The van der Waals surface area contributed by atoms with E-state index in [0.29, 0.717) is 14.5 Å². The summed E-state index contributed by atoms with van der Waals surface area (Å²) in [5, 5.41) is 0.986. The van der Waals surface area contributed by atoms with E-state index in [4.69, 9.17) is 27.9 Å². The van der Waals surface area contributed by atoms with Crippen LogP contribution in [0.5, 0.6) is 0 Å². The Hall–Kier alpha value is -0.770. The number of hydrogen-bond acceptors (Lipinski definition) is 2. The van der Waals surface area contributed by atoms with Gasteiger partial charge >= 0.3 is 5.97 Å². The molecule has 0 saturated heterocycles. The lowest BCUT2D eigenvalue weighted by molar-refractivity contribution is -0.887. The number of esters is 1. The number of rotatable bonds is 14. The highest BCUT2D eigenvalue weighted by atomic mass is 35.5. The molecule has 0 aliphatic rings. The van der Waals surface area contributed by atoms with Crippen molar-refractivity contribution in [2.45, 2.75) is 83.8 Å². The van der Waals surface area contributed by atoms with Gasteiger partial charge in [0.1, 0.15) is 6.61 Å². The van der Waals surface area contributed by atoms with Crippen molar-refractivity contribution in [3.05, 3.63) is 33.8 Å². The van der Waals surface area contributed by atoms with Crippen molar-refractivity contribution < 1.29 is 14.0 Å². The summed E-state index contributed by atoms with van der Waals surface area (Å²) in [6.45, 7) is 2.48. The molecule has 0 fully saturated rings. The Morgan fingerprint density at radius 1 is 0.929 bits per heavy atom. The molecule has 0 bridgehead atoms. The molecule has 0 saturated carbocycles. The fourth-order valence-electron chi connectivity index (χ4n) is 3.35. The first-order chi connectivity index (χ1) is 13.3. The molecule has 0 aliphatic heterocycles. The molecule has 0 N–H and O–H groups in total. The maximum Gasteiger partial charge on any atom is 0.365 e. The van der Waals surface area contributed by atoms with Gasteiger partial charge in [0.2, 0.25) is 0 Å². The first kappa shape index (κ1) is 25.3. The number of unbranched alkanes of at least 4 members (excludes halogenated alkanes) is 8. The van der Waals surface area contributed by atoms with Crippen molar-refractivity contribution in [1.82, 2.24) is 0 Å². The smallest absolute Gasteiger partial charge is 0.365 e. The van der Waals surface area contributed by atoms with Crippen LogP contribution in [0.4, 0.5) is 0 Å². The Labute approximate surface area is 181 Å². The molecule has 28 heavy (non-hydrogen) atoms. The van der Waals surface area contributed by atoms with Crippen LogP contribution < -0.4 is 0 Å². The second-order valence-electron chi connectivity index (χ2n) is 8.61. The number of quaternary nitrogens is 1. The van der Waals surface area contributed by atoms with E-state index in [1.54, 1.807) is 12.1 Å². The minimum Gasteiger partial charge on any atom is -0.456 e. The van der Waals surface area contributed by atoms with Gasteiger partial charge in [0, 0.05) is 6.42 Å². The standard InChI is InChI=1S/C23H38Cl2NO2/c1-5-6-7-8-9-10-11-12-13-14-22(26(2,3)4)23(27)28-18-19-15-16-20(24)21(25)17-19/h15-17,22H,5-14,18H2,1-4H3/q+1. The summed E-state index contributed by atoms with van der Waals surface area (Å²) in [4.78, 5) is 12.7. The number of hydrogen-bond donors (Lipinski definition) is 0. The molecule has 3 nitrogen and oxygen atoms in total. The molecule has 1 aromatic rings. The predicted molar refractivity (Wildman–Crippen MR) is 120 cm³/mol. The highest BCUT2D eigenvalue weighted by Crippen LogP contribution is 2.23. The van der Waals surface area contributed by atoms with Gasteiger partial charge in [0.15, 0.2) is 6.04 Å². The van der Waals surface area contributed by atoms with Crippen LogP contribution in [-0.4, -0.2) is 37.6 Å². The number of halogens is 2. The third-order valence-electron chi connectivity index (χ3n) is 5.15. The van der Waals surface area contributed by atoms with Crippen LogP contribution in [-0.2, 0) is 16.1 Å². The molecule has 1 atom stereocenters. The van der Waals surface area contributed by atoms with Gasteiger partial charge in [-0.1, -0.05) is 87.6 Å². The Morgan fingerprint density at radius 3 is 2.04 bits per heavy atom. The van der Waals surface area contributed by atoms with E-state index in [1.165, 1.54) is 51.4 Å². The fourth-order valence-corrected chi connectivity index (χ4v) is 3.67. The predicted octanol–water partition coefficient (Wildman–Crippen LogP) is 7.03. The SMILES string of the molecule is CCCCCCCCCCCC(C(=O)OCc1ccc(Cl)c(Cl)c1)[N+](C)(C)C. The third kappa shape index (κ3) is 10.1. The quantitative estimate of drug-likeness (QED) is 0.180. The molecule has 0 heterocycles. The number of ether oxygens (including phenoxy) is 1. The fraction of sp³-hybridized carbons (Fsp3) is 0.696. The highest BCUT2D eigenvalue weighted by molar-refractivity contribution is 6.42. The van der Waals surface area contributed by atoms with E-state index in [2.05, 4.69) is 28.1 Å². The maximum atomic E-state index is 12.7. The average Bonchev–Trinajstić information content (AvgIpc) is 2.63. The van der Waals surface area contributed by atoms with E-state index in [9.17, 15) is 4.79 Å². The Bertz CT molecular complexity index is 584. The average molecular weight is 431 g/mol. The number of benzene rings is 1. The maximum absolute atomic E-state index is 12.7. The molecule has 1 aromatic carbocycles.